The summed E-state index contributed by atoms with van der Waals surface area (Å²) in [6.07, 6.45) is 0.795. The molecule has 0 fully saturated rings. The highest BCUT2D eigenvalue weighted by atomic mass is 16.5. The Bertz CT molecular complexity index is 1450. The van der Waals surface area contributed by atoms with E-state index >= 15 is 0 Å². The van der Waals surface area contributed by atoms with Gasteiger partial charge in [0.05, 0.1) is 37.9 Å². The van der Waals surface area contributed by atoms with Gasteiger partial charge in [0, 0.05) is 19.1 Å². The maximum absolute atomic E-state index is 12.0. The lowest BCUT2D eigenvalue weighted by atomic mass is 9.80. The fourth-order valence-corrected chi connectivity index (χ4v) is 5.69. The first-order chi connectivity index (χ1) is 19.8. The molecule has 0 aliphatic carbocycles. The van der Waals surface area contributed by atoms with E-state index in [1.807, 2.05) is 80.1 Å². The SMILES string of the molecule is CCc1c(C(CC(=O)O)c2ccc3c(nnn3CCCOCCOCc3ccccc3)c2C)ccc(C)c1C(C)O. The molecule has 2 atom stereocenters. The van der Waals surface area contributed by atoms with Crippen LogP contribution in [0.4, 0.5) is 0 Å². The topological polar surface area (TPSA) is 107 Å². The van der Waals surface area contributed by atoms with Gasteiger partial charge >= 0.3 is 5.97 Å². The van der Waals surface area contributed by atoms with Crippen molar-refractivity contribution in [3.63, 3.8) is 0 Å². The summed E-state index contributed by atoms with van der Waals surface area (Å²) in [7, 11) is 0. The Morgan fingerprint density at radius 1 is 0.976 bits per heavy atom. The number of aromatic nitrogens is 3. The Labute approximate surface area is 241 Å². The van der Waals surface area contributed by atoms with Crippen molar-refractivity contribution < 1.29 is 24.5 Å². The summed E-state index contributed by atoms with van der Waals surface area (Å²) in [5, 5.41) is 29.2. The van der Waals surface area contributed by atoms with Gasteiger partial charge < -0.3 is 19.7 Å². The van der Waals surface area contributed by atoms with Gasteiger partial charge in [0.1, 0.15) is 5.52 Å². The van der Waals surface area contributed by atoms with Crippen molar-refractivity contribution in [2.24, 2.45) is 0 Å². The van der Waals surface area contributed by atoms with Crippen LogP contribution in [0.25, 0.3) is 11.0 Å². The van der Waals surface area contributed by atoms with Crippen LogP contribution in [-0.2, 0) is 33.8 Å². The van der Waals surface area contributed by atoms with Gasteiger partial charge in [-0.25, -0.2) is 4.68 Å². The van der Waals surface area contributed by atoms with Crippen molar-refractivity contribution in [3.05, 3.63) is 93.5 Å². The van der Waals surface area contributed by atoms with E-state index < -0.39 is 12.1 Å². The smallest absolute Gasteiger partial charge is 0.304 e. The third-order valence-electron chi connectivity index (χ3n) is 7.64. The quantitative estimate of drug-likeness (QED) is 0.175. The zero-order valence-electron chi connectivity index (χ0n) is 24.5. The average Bonchev–Trinajstić information content (AvgIpc) is 3.37. The van der Waals surface area contributed by atoms with Crippen molar-refractivity contribution in [1.29, 1.82) is 0 Å². The molecule has 8 heteroatoms. The number of carboxylic acids is 1. The summed E-state index contributed by atoms with van der Waals surface area (Å²) in [5.41, 5.74) is 8.52. The van der Waals surface area contributed by atoms with Gasteiger partial charge in [0.25, 0.3) is 0 Å². The van der Waals surface area contributed by atoms with E-state index in [1.165, 1.54) is 0 Å². The van der Waals surface area contributed by atoms with Crippen LogP contribution in [0.15, 0.2) is 54.6 Å². The van der Waals surface area contributed by atoms with Crippen molar-refractivity contribution in [2.75, 3.05) is 19.8 Å². The van der Waals surface area contributed by atoms with E-state index in [0.717, 1.165) is 56.4 Å². The van der Waals surface area contributed by atoms with E-state index in [2.05, 4.69) is 10.3 Å². The number of hydrogen-bond donors (Lipinski definition) is 2. The molecule has 1 heterocycles. The molecule has 0 saturated heterocycles. The molecule has 3 aromatic carbocycles. The Balaban J connectivity index is 1.44. The molecule has 2 unspecified atom stereocenters. The molecule has 2 N–H and O–H groups in total. The molecule has 41 heavy (non-hydrogen) atoms. The van der Waals surface area contributed by atoms with Crippen LogP contribution in [0.1, 0.15) is 77.7 Å². The number of carboxylic acid groups (broad SMARTS) is 1. The molecule has 0 spiro atoms. The molecule has 0 amide bonds. The fourth-order valence-electron chi connectivity index (χ4n) is 5.69. The highest BCUT2D eigenvalue weighted by Gasteiger charge is 2.26. The second kappa shape index (κ2) is 14.3. The summed E-state index contributed by atoms with van der Waals surface area (Å²) in [5.74, 6) is -1.24. The molecule has 8 nitrogen and oxygen atoms in total. The predicted octanol–water partition coefficient (Wildman–Crippen LogP) is 5.89. The van der Waals surface area contributed by atoms with Crippen LogP contribution in [0.3, 0.4) is 0 Å². The molecule has 0 radical (unpaired) electrons. The number of benzene rings is 3. The zero-order chi connectivity index (χ0) is 29.4. The minimum absolute atomic E-state index is 0.0534. The van der Waals surface area contributed by atoms with Gasteiger partial charge in [-0.3, -0.25) is 4.79 Å². The maximum atomic E-state index is 12.0. The zero-order valence-corrected chi connectivity index (χ0v) is 24.5. The Kier molecular flexibility index (Phi) is 10.6. The Hall–Kier alpha value is -3.59. The van der Waals surface area contributed by atoms with Gasteiger partial charge in [-0.05, 0) is 78.6 Å². The first-order valence-corrected chi connectivity index (χ1v) is 14.4. The first-order valence-electron chi connectivity index (χ1n) is 14.4. The number of rotatable bonds is 15. The van der Waals surface area contributed by atoms with Crippen LogP contribution in [0.5, 0.6) is 0 Å². The molecular weight excluding hydrogens is 518 g/mol. The highest BCUT2D eigenvalue weighted by molar-refractivity contribution is 5.80. The monoisotopic (exact) mass is 559 g/mol. The number of ether oxygens (including phenoxy) is 2. The van der Waals surface area contributed by atoms with Crippen LogP contribution in [0.2, 0.25) is 0 Å². The summed E-state index contributed by atoms with van der Waals surface area (Å²) in [4.78, 5) is 12.0. The Morgan fingerprint density at radius 2 is 1.71 bits per heavy atom. The van der Waals surface area contributed by atoms with Crippen molar-refractivity contribution in [1.82, 2.24) is 15.0 Å². The summed E-state index contributed by atoms with van der Waals surface area (Å²) in [6, 6.07) is 18.1. The minimum atomic E-state index is -0.871. The van der Waals surface area contributed by atoms with Gasteiger partial charge in [-0.2, -0.15) is 0 Å². The van der Waals surface area contributed by atoms with E-state index in [-0.39, 0.29) is 12.3 Å². The van der Waals surface area contributed by atoms with Gasteiger partial charge in [0.15, 0.2) is 0 Å². The summed E-state index contributed by atoms with van der Waals surface area (Å²) >= 11 is 0. The van der Waals surface area contributed by atoms with Gasteiger partial charge in [-0.15, -0.1) is 5.10 Å². The minimum Gasteiger partial charge on any atom is -0.481 e. The average molecular weight is 560 g/mol. The number of hydrogen-bond acceptors (Lipinski definition) is 6. The van der Waals surface area contributed by atoms with Crippen LogP contribution < -0.4 is 0 Å². The summed E-state index contributed by atoms with van der Waals surface area (Å²) in [6.45, 7) is 10.7. The molecule has 4 aromatic rings. The molecule has 1 aromatic heterocycles. The molecule has 0 aliphatic heterocycles. The van der Waals surface area contributed by atoms with Crippen LogP contribution >= 0.6 is 0 Å². The van der Waals surface area contributed by atoms with E-state index in [4.69, 9.17) is 9.47 Å². The molecule has 0 aliphatic rings. The van der Waals surface area contributed by atoms with E-state index in [1.54, 1.807) is 6.92 Å². The van der Waals surface area contributed by atoms with Gasteiger partial charge in [-0.1, -0.05) is 60.7 Å². The molecule has 0 saturated carbocycles. The van der Waals surface area contributed by atoms with Crippen molar-refractivity contribution >= 4 is 17.0 Å². The van der Waals surface area contributed by atoms with E-state index in [9.17, 15) is 15.0 Å². The normalized spacial score (nSPS) is 13.0. The lowest BCUT2D eigenvalue weighted by Crippen LogP contribution is -2.14. The number of aryl methyl sites for hydroxylation is 3. The summed E-state index contributed by atoms with van der Waals surface area (Å²) < 4.78 is 13.3. The number of aliphatic hydroxyl groups excluding tert-OH is 1. The van der Waals surface area contributed by atoms with Crippen LogP contribution in [0, 0.1) is 13.8 Å². The number of carbonyl (C=O) groups is 1. The number of nitrogens with zero attached hydrogens (tertiary/aromatic N) is 3. The second-order valence-corrected chi connectivity index (χ2v) is 10.5. The Morgan fingerprint density at radius 3 is 2.41 bits per heavy atom. The number of fused-ring (bicyclic) bond motifs is 1. The third kappa shape index (κ3) is 7.38. The second-order valence-electron chi connectivity index (χ2n) is 10.5. The fraction of sp³-hybridized carbons (Fsp3) is 0.424. The van der Waals surface area contributed by atoms with E-state index in [0.29, 0.717) is 39.4 Å². The van der Waals surface area contributed by atoms with Gasteiger partial charge in [0.2, 0.25) is 0 Å². The lowest BCUT2D eigenvalue weighted by Gasteiger charge is -2.25. The van der Waals surface area contributed by atoms with Crippen molar-refractivity contribution in [2.45, 2.75) is 72.1 Å². The molecule has 218 valence electrons. The standard InChI is InChI=1S/C33H41N3O5/c1-5-26-28(13-12-22(2)32(26)24(4)37)29(20-31(38)39)27-14-15-30-33(23(27)3)34-35-36(30)16-9-17-40-18-19-41-21-25-10-7-6-8-11-25/h6-8,10-15,24,29,37H,5,9,16-21H2,1-4H3,(H,38,39). The first kappa shape index (κ1) is 30.4. The predicted molar refractivity (Wildman–Crippen MR) is 159 cm³/mol. The lowest BCUT2D eigenvalue weighted by molar-refractivity contribution is -0.137. The maximum Gasteiger partial charge on any atom is 0.304 e. The molecule has 4 rings (SSSR count). The molecule has 0 bridgehead atoms. The highest BCUT2D eigenvalue weighted by Crippen LogP contribution is 2.38. The third-order valence-corrected chi connectivity index (χ3v) is 7.64. The largest absolute Gasteiger partial charge is 0.481 e. The number of aliphatic carboxylic acids is 1. The van der Waals surface area contributed by atoms with Crippen molar-refractivity contribution in [3.8, 4) is 0 Å². The van der Waals surface area contributed by atoms with Crippen LogP contribution in [-0.4, -0.2) is 51.0 Å². The number of aliphatic hydroxyl groups is 1. The molecular formula is C33H41N3O5.